The molecule has 2 nitrogen and oxygen atoms in total. The fourth-order valence-electron chi connectivity index (χ4n) is 2.85. The van der Waals surface area contributed by atoms with Crippen LogP contribution in [0, 0.1) is 6.92 Å². The fourth-order valence-corrected chi connectivity index (χ4v) is 4.25. The Kier molecular flexibility index (Phi) is 4.67. The summed E-state index contributed by atoms with van der Waals surface area (Å²) in [6, 6.07) is 4.60. The van der Waals surface area contributed by atoms with Crippen LogP contribution in [0.1, 0.15) is 41.6 Å². The monoisotopic (exact) mass is 365 g/mol. The Morgan fingerprint density at radius 1 is 1.33 bits per heavy atom. The van der Waals surface area contributed by atoms with Crippen LogP contribution in [0.5, 0.6) is 5.75 Å². The Morgan fingerprint density at radius 2 is 2.19 bits per heavy atom. The van der Waals surface area contributed by atoms with Gasteiger partial charge in [-0.2, -0.15) is 11.3 Å². The number of benzene rings is 1. The largest absolute Gasteiger partial charge is 0.493 e. The summed E-state index contributed by atoms with van der Waals surface area (Å²) in [6.07, 6.45) is 2.13. The zero-order chi connectivity index (χ0) is 14.8. The lowest BCUT2D eigenvalue weighted by molar-refractivity contribution is 0.350. The van der Waals surface area contributed by atoms with Crippen molar-refractivity contribution in [3.05, 3.63) is 49.6 Å². The molecule has 0 saturated carbocycles. The van der Waals surface area contributed by atoms with Crippen molar-refractivity contribution < 1.29 is 4.74 Å². The molecular weight excluding hydrogens is 346 g/mol. The molecule has 0 bridgehead atoms. The molecule has 1 aromatic carbocycles. The van der Waals surface area contributed by atoms with E-state index in [9.17, 15) is 0 Å². The number of fused-ring (bicyclic) bond motifs is 1. The Morgan fingerprint density at radius 3 is 2.90 bits per heavy atom. The second kappa shape index (κ2) is 6.51. The summed E-state index contributed by atoms with van der Waals surface area (Å²) in [5.41, 5.74) is 5.28. The molecule has 21 heavy (non-hydrogen) atoms. The molecule has 1 N–H and O–H groups in total. The Hall–Kier alpha value is -0.840. The average Bonchev–Trinajstić information content (AvgIpc) is 3.08. The minimum Gasteiger partial charge on any atom is -0.493 e. The van der Waals surface area contributed by atoms with Gasteiger partial charge >= 0.3 is 0 Å². The second-order valence-corrected chi connectivity index (χ2v) is 7.14. The van der Waals surface area contributed by atoms with E-state index in [2.05, 4.69) is 58.0 Å². The molecule has 1 aliphatic rings. The smallest absolute Gasteiger partial charge is 0.127 e. The molecule has 1 aromatic heterocycles. The lowest BCUT2D eigenvalue weighted by atomic mass is 9.95. The highest BCUT2D eigenvalue weighted by molar-refractivity contribution is 9.10. The van der Waals surface area contributed by atoms with Crippen LogP contribution in [-0.2, 0) is 6.42 Å². The van der Waals surface area contributed by atoms with Crippen molar-refractivity contribution in [2.45, 2.75) is 32.7 Å². The number of ether oxygens (including phenoxy) is 1. The van der Waals surface area contributed by atoms with Crippen LogP contribution >= 0.6 is 27.3 Å². The van der Waals surface area contributed by atoms with Crippen molar-refractivity contribution in [1.29, 1.82) is 0 Å². The first-order valence-corrected chi connectivity index (χ1v) is 9.15. The molecule has 0 spiro atoms. The van der Waals surface area contributed by atoms with E-state index in [1.165, 1.54) is 22.3 Å². The molecule has 1 atom stereocenters. The third kappa shape index (κ3) is 3.03. The van der Waals surface area contributed by atoms with Crippen LogP contribution in [0.4, 0.5) is 0 Å². The fraction of sp³-hybridized carbons (Fsp3) is 0.412. The van der Waals surface area contributed by atoms with Crippen LogP contribution < -0.4 is 10.1 Å². The predicted octanol–water partition coefficient (Wildman–Crippen LogP) is 4.84. The van der Waals surface area contributed by atoms with Gasteiger partial charge in [0, 0.05) is 16.5 Å². The number of rotatable bonds is 5. The van der Waals surface area contributed by atoms with Gasteiger partial charge in [-0.1, -0.05) is 22.9 Å². The van der Waals surface area contributed by atoms with Gasteiger partial charge in [-0.05, 0) is 59.5 Å². The minimum absolute atomic E-state index is 0.209. The molecule has 0 aliphatic carbocycles. The van der Waals surface area contributed by atoms with Crippen molar-refractivity contribution in [2.24, 2.45) is 0 Å². The van der Waals surface area contributed by atoms with Crippen molar-refractivity contribution in [3.63, 3.8) is 0 Å². The zero-order valence-electron chi connectivity index (χ0n) is 12.4. The van der Waals surface area contributed by atoms with Crippen molar-refractivity contribution >= 4 is 27.3 Å². The van der Waals surface area contributed by atoms with E-state index in [-0.39, 0.29) is 6.04 Å². The van der Waals surface area contributed by atoms with Gasteiger partial charge in [0.15, 0.2) is 0 Å². The highest BCUT2D eigenvalue weighted by Gasteiger charge is 2.25. The summed E-state index contributed by atoms with van der Waals surface area (Å²) in [6.45, 7) is 6.18. The van der Waals surface area contributed by atoms with E-state index in [1.807, 2.05) is 0 Å². The van der Waals surface area contributed by atoms with Crippen LogP contribution in [0.3, 0.4) is 0 Å². The molecule has 2 aromatic rings. The first kappa shape index (κ1) is 15.1. The maximum atomic E-state index is 5.93. The molecule has 112 valence electrons. The van der Waals surface area contributed by atoms with Crippen molar-refractivity contribution in [1.82, 2.24) is 5.32 Å². The van der Waals surface area contributed by atoms with Crippen LogP contribution in [0.2, 0.25) is 0 Å². The van der Waals surface area contributed by atoms with E-state index in [0.29, 0.717) is 0 Å². The van der Waals surface area contributed by atoms with Gasteiger partial charge < -0.3 is 10.1 Å². The van der Waals surface area contributed by atoms with E-state index in [4.69, 9.17) is 4.74 Å². The van der Waals surface area contributed by atoms with Gasteiger partial charge in [-0.25, -0.2) is 0 Å². The molecule has 4 heteroatoms. The lowest BCUT2D eigenvalue weighted by Gasteiger charge is -2.22. The highest BCUT2D eigenvalue weighted by atomic mass is 79.9. The summed E-state index contributed by atoms with van der Waals surface area (Å²) < 4.78 is 7.06. The Labute approximate surface area is 138 Å². The van der Waals surface area contributed by atoms with Gasteiger partial charge in [-0.3, -0.25) is 0 Å². The van der Waals surface area contributed by atoms with Crippen LogP contribution in [-0.4, -0.2) is 13.2 Å². The molecule has 0 amide bonds. The maximum Gasteiger partial charge on any atom is 0.127 e. The minimum atomic E-state index is 0.209. The summed E-state index contributed by atoms with van der Waals surface area (Å²) >= 11 is 5.42. The van der Waals surface area contributed by atoms with Gasteiger partial charge in [0.25, 0.3) is 0 Å². The topological polar surface area (TPSA) is 21.3 Å². The van der Waals surface area contributed by atoms with Crippen molar-refractivity contribution in [2.75, 3.05) is 13.2 Å². The summed E-state index contributed by atoms with van der Waals surface area (Å²) in [5.74, 6) is 1.08. The van der Waals surface area contributed by atoms with Gasteiger partial charge in [0.05, 0.1) is 12.6 Å². The highest BCUT2D eigenvalue weighted by Crippen LogP contribution is 2.40. The van der Waals surface area contributed by atoms with E-state index < -0.39 is 0 Å². The van der Waals surface area contributed by atoms with Crippen LogP contribution in [0.15, 0.2) is 27.4 Å². The maximum absolute atomic E-state index is 5.93. The standard InChI is InChI=1S/C17H20BrNOS/c1-3-5-19-16(15-10-21-9-11(15)2)14-8-13(18)7-12-4-6-20-17(12)14/h7-10,16,19H,3-6H2,1-2H3. The molecule has 0 radical (unpaired) electrons. The number of aryl methyl sites for hydroxylation is 1. The summed E-state index contributed by atoms with van der Waals surface area (Å²) in [4.78, 5) is 0. The van der Waals surface area contributed by atoms with Crippen molar-refractivity contribution in [3.8, 4) is 5.75 Å². The molecule has 0 saturated heterocycles. The van der Waals surface area contributed by atoms with E-state index in [0.717, 1.165) is 36.2 Å². The predicted molar refractivity (Wildman–Crippen MR) is 92.5 cm³/mol. The Bertz CT molecular complexity index is 638. The SMILES string of the molecule is CCCNC(c1cscc1C)c1cc(Br)cc2c1OCC2. The molecule has 3 rings (SSSR count). The first-order chi connectivity index (χ1) is 10.2. The number of hydrogen-bond acceptors (Lipinski definition) is 3. The second-order valence-electron chi connectivity index (χ2n) is 5.48. The van der Waals surface area contributed by atoms with Gasteiger partial charge in [0.2, 0.25) is 0 Å². The number of thiophene rings is 1. The first-order valence-electron chi connectivity index (χ1n) is 7.42. The van der Waals surface area contributed by atoms with Gasteiger partial charge in [-0.15, -0.1) is 0 Å². The summed E-state index contributed by atoms with van der Waals surface area (Å²) in [5, 5.41) is 8.16. The molecule has 2 heterocycles. The summed E-state index contributed by atoms with van der Waals surface area (Å²) in [7, 11) is 0. The van der Waals surface area contributed by atoms with E-state index >= 15 is 0 Å². The van der Waals surface area contributed by atoms with Crippen LogP contribution in [0.25, 0.3) is 0 Å². The average molecular weight is 366 g/mol. The molecule has 1 unspecified atom stereocenters. The molecule has 0 fully saturated rings. The third-order valence-electron chi connectivity index (χ3n) is 3.89. The number of nitrogens with one attached hydrogen (secondary N) is 1. The number of hydrogen-bond donors (Lipinski definition) is 1. The quantitative estimate of drug-likeness (QED) is 0.817. The van der Waals surface area contributed by atoms with E-state index in [1.54, 1.807) is 11.3 Å². The normalized spacial score (nSPS) is 14.8. The lowest BCUT2D eigenvalue weighted by Crippen LogP contribution is -2.24. The molecule has 1 aliphatic heterocycles. The number of halogens is 1. The third-order valence-corrected chi connectivity index (χ3v) is 5.23. The Balaban J connectivity index is 2.07. The van der Waals surface area contributed by atoms with Gasteiger partial charge in [0.1, 0.15) is 5.75 Å². The zero-order valence-corrected chi connectivity index (χ0v) is 14.8. The molecular formula is C17H20BrNOS.